The predicted molar refractivity (Wildman–Crippen MR) is 57.1 cm³/mol. The van der Waals surface area contributed by atoms with Gasteiger partial charge >= 0.3 is 11.9 Å². The molecule has 6 nitrogen and oxygen atoms in total. The quantitative estimate of drug-likeness (QED) is 0.497. The minimum absolute atomic E-state index is 0.0430. The van der Waals surface area contributed by atoms with Gasteiger partial charge in [0.2, 0.25) is 0 Å². The van der Waals surface area contributed by atoms with Crippen molar-refractivity contribution in [3.05, 3.63) is 0 Å². The summed E-state index contributed by atoms with van der Waals surface area (Å²) in [7, 11) is 1.09. The van der Waals surface area contributed by atoms with Crippen LogP contribution in [0, 0.1) is 0 Å². The maximum absolute atomic E-state index is 11.5. The van der Waals surface area contributed by atoms with E-state index in [0.717, 1.165) is 14.0 Å². The van der Waals surface area contributed by atoms with Gasteiger partial charge in [-0.05, 0) is 13.8 Å². The van der Waals surface area contributed by atoms with Crippen molar-refractivity contribution in [1.29, 1.82) is 0 Å². The lowest BCUT2D eigenvalue weighted by molar-refractivity contribution is -0.184. The van der Waals surface area contributed by atoms with E-state index in [1.807, 2.05) is 0 Å². The number of hydrogen-bond donors (Lipinski definition) is 0. The number of carbonyl (C=O) groups excluding carboxylic acids is 4. The summed E-state index contributed by atoms with van der Waals surface area (Å²) in [5, 5.41) is 0. The molecule has 0 radical (unpaired) electrons. The fourth-order valence-corrected chi connectivity index (χ4v) is 1.32. The number of rotatable bonds is 6. The molecule has 0 spiro atoms. The van der Waals surface area contributed by atoms with Crippen molar-refractivity contribution in [2.75, 3.05) is 7.11 Å². The van der Waals surface area contributed by atoms with Gasteiger partial charge in [-0.1, -0.05) is 6.92 Å². The monoisotopic (exact) mass is 244 g/mol. The Labute approximate surface area is 99.3 Å². The molecule has 17 heavy (non-hydrogen) atoms. The number of Topliss-reactive ketones (excluding diaryl/α,β-unsaturated/α-hetero) is 2. The van der Waals surface area contributed by atoms with Crippen molar-refractivity contribution in [3.8, 4) is 0 Å². The highest BCUT2D eigenvalue weighted by atomic mass is 16.6. The lowest BCUT2D eigenvalue weighted by Gasteiger charge is -2.26. The molecular weight excluding hydrogens is 228 g/mol. The van der Waals surface area contributed by atoms with Crippen LogP contribution in [-0.4, -0.2) is 36.2 Å². The highest BCUT2D eigenvalue weighted by Gasteiger charge is 2.47. The first-order chi connectivity index (χ1) is 7.80. The van der Waals surface area contributed by atoms with Crippen LogP contribution in [0.25, 0.3) is 0 Å². The number of hydrogen-bond acceptors (Lipinski definition) is 6. The van der Waals surface area contributed by atoms with Gasteiger partial charge in [0.05, 0.1) is 7.11 Å². The molecule has 0 aromatic carbocycles. The van der Waals surface area contributed by atoms with Gasteiger partial charge in [0.25, 0.3) is 5.60 Å². The molecule has 0 heterocycles. The van der Waals surface area contributed by atoms with Crippen molar-refractivity contribution in [1.82, 2.24) is 0 Å². The Bertz CT molecular complexity index is 346. The third kappa shape index (κ3) is 3.65. The molecule has 0 rings (SSSR count). The SMILES string of the molecule is CCC(OC(=O)CC(C)=O)(C(C)=O)C(=O)OC. The van der Waals surface area contributed by atoms with Gasteiger partial charge in [-0.2, -0.15) is 0 Å². The maximum atomic E-state index is 11.5. The molecule has 6 heteroatoms. The second-order valence-electron chi connectivity index (χ2n) is 3.58. The van der Waals surface area contributed by atoms with Crippen molar-refractivity contribution in [2.45, 2.75) is 39.2 Å². The molecule has 1 atom stereocenters. The first kappa shape index (κ1) is 15.3. The summed E-state index contributed by atoms with van der Waals surface area (Å²) >= 11 is 0. The molecule has 0 amide bonds. The van der Waals surface area contributed by atoms with Crippen LogP contribution in [0.15, 0.2) is 0 Å². The molecule has 0 aliphatic rings. The molecule has 0 aromatic rings. The van der Waals surface area contributed by atoms with E-state index in [2.05, 4.69) is 4.74 Å². The number of ketones is 2. The minimum atomic E-state index is -1.94. The number of carbonyl (C=O) groups is 4. The molecule has 0 aromatic heterocycles. The number of ether oxygens (including phenoxy) is 2. The summed E-state index contributed by atoms with van der Waals surface area (Å²) in [5.41, 5.74) is -1.94. The molecular formula is C11H16O6. The lowest BCUT2D eigenvalue weighted by atomic mass is 9.96. The van der Waals surface area contributed by atoms with Gasteiger partial charge in [0, 0.05) is 6.42 Å². The second-order valence-corrected chi connectivity index (χ2v) is 3.58. The van der Waals surface area contributed by atoms with Crippen molar-refractivity contribution in [2.24, 2.45) is 0 Å². The van der Waals surface area contributed by atoms with Gasteiger partial charge in [0.15, 0.2) is 5.78 Å². The Kier molecular flexibility index (Phi) is 5.50. The van der Waals surface area contributed by atoms with Crippen LogP contribution >= 0.6 is 0 Å². The first-order valence-electron chi connectivity index (χ1n) is 5.10. The average molecular weight is 244 g/mol. The molecule has 0 N–H and O–H groups in total. The van der Waals surface area contributed by atoms with Crippen molar-refractivity contribution < 1.29 is 28.7 Å². The summed E-state index contributed by atoms with van der Waals surface area (Å²) in [4.78, 5) is 45.1. The first-order valence-corrected chi connectivity index (χ1v) is 5.10. The number of methoxy groups -OCH3 is 1. The van der Waals surface area contributed by atoms with E-state index in [1.165, 1.54) is 13.8 Å². The fourth-order valence-electron chi connectivity index (χ4n) is 1.32. The largest absolute Gasteiger partial charge is 0.466 e. The molecule has 0 aliphatic carbocycles. The summed E-state index contributed by atoms with van der Waals surface area (Å²) in [6, 6.07) is 0. The van der Waals surface area contributed by atoms with Gasteiger partial charge < -0.3 is 9.47 Å². The van der Waals surface area contributed by atoms with E-state index < -0.39 is 35.5 Å². The van der Waals surface area contributed by atoms with Crippen LogP contribution in [-0.2, 0) is 28.7 Å². The standard InChI is InChI=1S/C11H16O6/c1-5-11(8(3)13,10(15)16-4)17-9(14)6-7(2)12/h5-6H2,1-4H3. The second kappa shape index (κ2) is 6.12. The van der Waals surface area contributed by atoms with Crippen LogP contribution in [0.4, 0.5) is 0 Å². The summed E-state index contributed by atoms with van der Waals surface area (Å²) < 4.78 is 9.28. The van der Waals surface area contributed by atoms with Gasteiger partial charge in [0.1, 0.15) is 12.2 Å². The smallest absolute Gasteiger partial charge is 0.358 e. The van der Waals surface area contributed by atoms with Gasteiger partial charge in [-0.25, -0.2) is 4.79 Å². The molecule has 0 fully saturated rings. The molecule has 0 bridgehead atoms. The zero-order valence-corrected chi connectivity index (χ0v) is 10.4. The van der Waals surface area contributed by atoms with E-state index in [9.17, 15) is 19.2 Å². The Balaban J connectivity index is 5.06. The normalized spacial score (nSPS) is 13.4. The topological polar surface area (TPSA) is 86.7 Å². The van der Waals surface area contributed by atoms with E-state index in [1.54, 1.807) is 0 Å². The molecule has 0 saturated carbocycles. The van der Waals surface area contributed by atoms with E-state index in [0.29, 0.717) is 0 Å². The summed E-state index contributed by atoms with van der Waals surface area (Å²) in [6.07, 6.45) is -0.523. The third-order valence-corrected chi connectivity index (χ3v) is 2.26. The Morgan fingerprint density at radius 3 is 1.94 bits per heavy atom. The van der Waals surface area contributed by atoms with Crippen molar-refractivity contribution >= 4 is 23.5 Å². The summed E-state index contributed by atoms with van der Waals surface area (Å²) in [5.74, 6) is -2.90. The number of esters is 2. The zero-order chi connectivity index (χ0) is 13.6. The maximum Gasteiger partial charge on any atom is 0.358 e. The van der Waals surface area contributed by atoms with Crippen LogP contribution in [0.3, 0.4) is 0 Å². The van der Waals surface area contributed by atoms with Gasteiger partial charge in [-0.15, -0.1) is 0 Å². The molecule has 0 saturated heterocycles. The van der Waals surface area contributed by atoms with Crippen LogP contribution < -0.4 is 0 Å². The molecule has 1 unspecified atom stereocenters. The molecule has 0 aliphatic heterocycles. The average Bonchev–Trinajstić information content (AvgIpc) is 2.23. The Morgan fingerprint density at radius 1 is 1.12 bits per heavy atom. The van der Waals surface area contributed by atoms with Crippen LogP contribution in [0.1, 0.15) is 33.6 Å². The lowest BCUT2D eigenvalue weighted by Crippen LogP contribution is -2.49. The highest BCUT2D eigenvalue weighted by Crippen LogP contribution is 2.20. The van der Waals surface area contributed by atoms with Crippen molar-refractivity contribution in [3.63, 3.8) is 0 Å². The van der Waals surface area contributed by atoms with E-state index in [4.69, 9.17) is 4.74 Å². The highest BCUT2D eigenvalue weighted by molar-refractivity contribution is 6.08. The van der Waals surface area contributed by atoms with Crippen LogP contribution in [0.2, 0.25) is 0 Å². The van der Waals surface area contributed by atoms with Crippen LogP contribution in [0.5, 0.6) is 0 Å². The Morgan fingerprint density at radius 2 is 1.65 bits per heavy atom. The minimum Gasteiger partial charge on any atom is -0.466 e. The fraction of sp³-hybridized carbons (Fsp3) is 0.636. The third-order valence-electron chi connectivity index (χ3n) is 2.26. The predicted octanol–water partition coefficient (Wildman–Crippen LogP) is 0.419. The zero-order valence-electron chi connectivity index (χ0n) is 10.4. The molecule has 96 valence electrons. The van der Waals surface area contributed by atoms with Gasteiger partial charge in [-0.3, -0.25) is 14.4 Å². The Hall–Kier alpha value is -1.72. The van der Waals surface area contributed by atoms with E-state index >= 15 is 0 Å². The van der Waals surface area contributed by atoms with E-state index in [-0.39, 0.29) is 6.42 Å². The summed E-state index contributed by atoms with van der Waals surface area (Å²) in [6.45, 7) is 3.85.